The van der Waals surface area contributed by atoms with Crippen LogP contribution in [0.2, 0.25) is 0 Å². The molecule has 2 amide bonds. The van der Waals surface area contributed by atoms with Gasteiger partial charge in [-0.2, -0.15) is 0 Å². The molecule has 0 saturated carbocycles. The molecule has 0 bridgehead atoms. The van der Waals surface area contributed by atoms with Crippen molar-refractivity contribution in [2.24, 2.45) is 5.92 Å². The van der Waals surface area contributed by atoms with Gasteiger partial charge < -0.3 is 19.3 Å². The van der Waals surface area contributed by atoms with Crippen LogP contribution < -0.4 is 9.47 Å². The van der Waals surface area contributed by atoms with E-state index in [0.717, 1.165) is 12.1 Å². The molecule has 1 aromatic carbocycles. The van der Waals surface area contributed by atoms with Crippen molar-refractivity contribution >= 4 is 11.8 Å². The van der Waals surface area contributed by atoms with Crippen molar-refractivity contribution in [3.05, 3.63) is 53.9 Å². The van der Waals surface area contributed by atoms with Gasteiger partial charge in [0.2, 0.25) is 5.91 Å². The van der Waals surface area contributed by atoms with Gasteiger partial charge in [-0.05, 0) is 42.7 Å². The van der Waals surface area contributed by atoms with E-state index in [9.17, 15) is 9.59 Å². The Bertz CT molecular complexity index is 878. The molecule has 7 nitrogen and oxygen atoms in total. The van der Waals surface area contributed by atoms with E-state index in [0.29, 0.717) is 55.8 Å². The molecule has 0 spiro atoms. The van der Waals surface area contributed by atoms with Crippen molar-refractivity contribution < 1.29 is 19.1 Å². The van der Waals surface area contributed by atoms with Crippen molar-refractivity contribution in [2.45, 2.75) is 26.7 Å². The molecule has 7 heteroatoms. The van der Waals surface area contributed by atoms with Crippen molar-refractivity contribution in [3.8, 4) is 11.5 Å². The summed E-state index contributed by atoms with van der Waals surface area (Å²) in [5.74, 6) is 1.73. The lowest BCUT2D eigenvalue weighted by Gasteiger charge is -2.35. The number of hydrogen-bond acceptors (Lipinski definition) is 5. The Labute approximate surface area is 184 Å². The van der Waals surface area contributed by atoms with E-state index in [4.69, 9.17) is 9.47 Å². The average Bonchev–Trinajstić information content (AvgIpc) is 2.79. The molecule has 166 valence electrons. The molecule has 0 radical (unpaired) electrons. The highest BCUT2D eigenvalue weighted by molar-refractivity contribution is 5.95. The summed E-state index contributed by atoms with van der Waals surface area (Å²) in [5.41, 5.74) is 1.31. The molecule has 1 saturated heterocycles. The SMILES string of the molecule is COc1cc(C(=O)N2CCN(C(=O)Cc3ccccn3)CC2)ccc1OCCC(C)C. The fourth-order valence-corrected chi connectivity index (χ4v) is 3.44. The van der Waals surface area contributed by atoms with Gasteiger partial charge in [-0.15, -0.1) is 0 Å². The molecule has 1 aliphatic rings. The molecular formula is C24H31N3O4. The van der Waals surface area contributed by atoms with Gasteiger partial charge in [-0.3, -0.25) is 14.6 Å². The number of carbonyl (C=O) groups is 2. The summed E-state index contributed by atoms with van der Waals surface area (Å²) in [6, 6.07) is 10.8. The maximum atomic E-state index is 13.0. The summed E-state index contributed by atoms with van der Waals surface area (Å²) >= 11 is 0. The second-order valence-corrected chi connectivity index (χ2v) is 8.07. The number of carbonyl (C=O) groups excluding carboxylic acids is 2. The van der Waals surface area contributed by atoms with Crippen LogP contribution in [0.3, 0.4) is 0 Å². The smallest absolute Gasteiger partial charge is 0.254 e. The number of hydrogen-bond donors (Lipinski definition) is 0. The number of pyridine rings is 1. The van der Waals surface area contributed by atoms with Crippen molar-refractivity contribution in [1.82, 2.24) is 14.8 Å². The first-order valence-electron chi connectivity index (χ1n) is 10.8. The lowest BCUT2D eigenvalue weighted by molar-refractivity contribution is -0.132. The van der Waals surface area contributed by atoms with E-state index < -0.39 is 0 Å². The van der Waals surface area contributed by atoms with Crippen LogP contribution in [-0.4, -0.2) is 66.5 Å². The topological polar surface area (TPSA) is 72.0 Å². The molecule has 0 aliphatic carbocycles. The van der Waals surface area contributed by atoms with Gasteiger partial charge in [0.1, 0.15) is 0 Å². The number of benzene rings is 1. The van der Waals surface area contributed by atoms with Crippen LogP contribution >= 0.6 is 0 Å². The molecule has 2 aromatic rings. The molecule has 0 atom stereocenters. The lowest BCUT2D eigenvalue weighted by atomic mass is 10.1. The maximum absolute atomic E-state index is 13.0. The number of methoxy groups -OCH3 is 1. The fourth-order valence-electron chi connectivity index (χ4n) is 3.44. The number of aromatic nitrogens is 1. The summed E-state index contributed by atoms with van der Waals surface area (Å²) < 4.78 is 11.2. The van der Waals surface area contributed by atoms with Gasteiger partial charge in [-0.1, -0.05) is 19.9 Å². The van der Waals surface area contributed by atoms with E-state index in [1.807, 2.05) is 18.2 Å². The minimum Gasteiger partial charge on any atom is -0.493 e. The monoisotopic (exact) mass is 425 g/mol. The third kappa shape index (κ3) is 6.20. The highest BCUT2D eigenvalue weighted by Gasteiger charge is 2.25. The first kappa shape index (κ1) is 22.6. The van der Waals surface area contributed by atoms with Crippen molar-refractivity contribution in [3.63, 3.8) is 0 Å². The maximum Gasteiger partial charge on any atom is 0.254 e. The summed E-state index contributed by atoms with van der Waals surface area (Å²) in [6.45, 7) is 6.94. The number of rotatable bonds is 8. The van der Waals surface area contributed by atoms with E-state index in [1.165, 1.54) is 0 Å². The number of nitrogens with zero attached hydrogens (tertiary/aromatic N) is 3. The second kappa shape index (κ2) is 10.8. The van der Waals surface area contributed by atoms with Crippen molar-refractivity contribution in [1.29, 1.82) is 0 Å². The van der Waals surface area contributed by atoms with E-state index >= 15 is 0 Å². The molecule has 0 unspecified atom stereocenters. The zero-order chi connectivity index (χ0) is 22.2. The predicted octanol–water partition coefficient (Wildman–Crippen LogP) is 3.04. The van der Waals surface area contributed by atoms with Gasteiger partial charge in [0.15, 0.2) is 11.5 Å². The lowest BCUT2D eigenvalue weighted by Crippen LogP contribution is -2.51. The Hall–Kier alpha value is -3.09. The summed E-state index contributed by atoms with van der Waals surface area (Å²) in [5, 5.41) is 0. The minimum atomic E-state index is -0.0659. The Balaban J connectivity index is 1.55. The van der Waals surface area contributed by atoms with Crippen LogP contribution in [0, 0.1) is 5.92 Å². The Morgan fingerprint density at radius 2 is 1.77 bits per heavy atom. The normalized spacial score (nSPS) is 13.9. The highest BCUT2D eigenvalue weighted by Crippen LogP contribution is 2.29. The molecule has 2 heterocycles. The summed E-state index contributed by atoms with van der Waals surface area (Å²) in [6.07, 6.45) is 2.92. The first-order valence-corrected chi connectivity index (χ1v) is 10.8. The molecule has 1 aliphatic heterocycles. The van der Waals surface area contributed by atoms with Crippen LogP contribution in [0.1, 0.15) is 36.3 Å². The number of ether oxygens (including phenoxy) is 2. The second-order valence-electron chi connectivity index (χ2n) is 8.07. The molecule has 0 N–H and O–H groups in total. The zero-order valence-electron chi connectivity index (χ0n) is 18.5. The van der Waals surface area contributed by atoms with Crippen LogP contribution in [0.4, 0.5) is 0 Å². The largest absolute Gasteiger partial charge is 0.493 e. The van der Waals surface area contributed by atoms with Gasteiger partial charge >= 0.3 is 0 Å². The minimum absolute atomic E-state index is 0.0374. The van der Waals surface area contributed by atoms with Gasteiger partial charge in [0.25, 0.3) is 5.91 Å². The molecule has 3 rings (SSSR count). The Morgan fingerprint density at radius 3 is 2.42 bits per heavy atom. The van der Waals surface area contributed by atoms with Crippen molar-refractivity contribution in [2.75, 3.05) is 39.9 Å². The fraction of sp³-hybridized carbons (Fsp3) is 0.458. The van der Waals surface area contributed by atoms with Gasteiger partial charge in [0, 0.05) is 43.6 Å². The van der Waals surface area contributed by atoms with Gasteiger partial charge in [0.05, 0.1) is 20.1 Å². The van der Waals surface area contributed by atoms with Crippen LogP contribution in [0.5, 0.6) is 11.5 Å². The van der Waals surface area contributed by atoms with Gasteiger partial charge in [-0.25, -0.2) is 0 Å². The molecule has 1 fully saturated rings. The third-order valence-electron chi connectivity index (χ3n) is 5.34. The predicted molar refractivity (Wildman–Crippen MR) is 118 cm³/mol. The van der Waals surface area contributed by atoms with Crippen LogP contribution in [0.25, 0.3) is 0 Å². The quantitative estimate of drug-likeness (QED) is 0.650. The first-order chi connectivity index (χ1) is 15.0. The average molecular weight is 426 g/mol. The van der Waals surface area contributed by atoms with E-state index in [1.54, 1.807) is 41.3 Å². The van der Waals surface area contributed by atoms with Crippen LogP contribution in [-0.2, 0) is 11.2 Å². The number of amides is 2. The Morgan fingerprint density at radius 1 is 1.03 bits per heavy atom. The zero-order valence-corrected chi connectivity index (χ0v) is 18.5. The molecule has 31 heavy (non-hydrogen) atoms. The van der Waals surface area contributed by atoms with Crippen LogP contribution in [0.15, 0.2) is 42.6 Å². The Kier molecular flexibility index (Phi) is 7.87. The molecule has 1 aromatic heterocycles. The summed E-state index contributed by atoms with van der Waals surface area (Å²) in [7, 11) is 1.57. The van der Waals surface area contributed by atoms with E-state index in [2.05, 4.69) is 18.8 Å². The number of piperazine rings is 1. The molecular weight excluding hydrogens is 394 g/mol. The standard InChI is InChI=1S/C24H31N3O4/c1-18(2)9-15-31-21-8-7-19(16-22(21)30-3)24(29)27-13-11-26(12-14-27)23(28)17-20-6-4-5-10-25-20/h4-8,10,16,18H,9,11-15,17H2,1-3H3. The third-order valence-corrected chi connectivity index (χ3v) is 5.34. The van der Waals surface area contributed by atoms with E-state index in [-0.39, 0.29) is 18.2 Å². The highest BCUT2D eigenvalue weighted by atomic mass is 16.5. The summed E-state index contributed by atoms with van der Waals surface area (Å²) in [4.78, 5) is 33.3.